The zero-order valence-corrected chi connectivity index (χ0v) is 15.2. The van der Waals surface area contributed by atoms with E-state index in [9.17, 15) is 8.42 Å². The molecule has 0 aromatic heterocycles. The van der Waals surface area contributed by atoms with Gasteiger partial charge in [0.25, 0.3) is 0 Å². The fraction of sp³-hybridized carbons (Fsp3) is 0.500. The van der Waals surface area contributed by atoms with Crippen molar-refractivity contribution in [1.29, 1.82) is 0 Å². The molecule has 1 N–H and O–H groups in total. The third-order valence-electron chi connectivity index (χ3n) is 2.33. The molecular formula is C12H17Br2NO4S. The quantitative estimate of drug-likeness (QED) is 0.644. The Bertz CT molecular complexity index is 530. The van der Waals surface area contributed by atoms with Gasteiger partial charge >= 0.3 is 0 Å². The van der Waals surface area contributed by atoms with Crippen LogP contribution in [0, 0.1) is 0 Å². The average Bonchev–Trinajstić information content (AvgIpc) is 2.36. The molecule has 5 nitrogen and oxygen atoms in total. The lowest BCUT2D eigenvalue weighted by Gasteiger charge is -2.17. The van der Waals surface area contributed by atoms with Gasteiger partial charge in [-0.05, 0) is 48.0 Å². The van der Waals surface area contributed by atoms with Crippen LogP contribution >= 0.6 is 31.9 Å². The molecule has 0 unspecified atom stereocenters. The molecule has 0 amide bonds. The molecule has 0 spiro atoms. The zero-order valence-electron chi connectivity index (χ0n) is 11.2. The van der Waals surface area contributed by atoms with Gasteiger partial charge in [0, 0.05) is 22.2 Å². The number of hydrogen-bond acceptors (Lipinski definition) is 4. The summed E-state index contributed by atoms with van der Waals surface area (Å²) in [5.41, 5.74) is 0. The molecule has 0 aliphatic heterocycles. The molecular weight excluding hydrogens is 414 g/mol. The summed E-state index contributed by atoms with van der Waals surface area (Å²) in [4.78, 5) is 0.174. The Kier molecular flexibility index (Phi) is 7.63. The standard InChI is InChI=1S/C12H17Br2NO4S/c1-3-18-12(19-4-2)8-15-20(16,17)11-6-5-9(13)7-10(11)14/h5-7,12,15H,3-4,8H2,1-2H3. The van der Waals surface area contributed by atoms with E-state index >= 15 is 0 Å². The van der Waals surface area contributed by atoms with Gasteiger partial charge in [-0.25, -0.2) is 13.1 Å². The predicted octanol–water partition coefficient (Wildman–Crippen LogP) is 2.89. The normalized spacial score (nSPS) is 12.1. The van der Waals surface area contributed by atoms with E-state index < -0.39 is 16.3 Å². The van der Waals surface area contributed by atoms with Crippen LogP contribution < -0.4 is 4.72 Å². The van der Waals surface area contributed by atoms with Gasteiger partial charge in [0.15, 0.2) is 6.29 Å². The SMILES string of the molecule is CCOC(CNS(=O)(=O)c1ccc(Br)cc1Br)OCC. The van der Waals surface area contributed by atoms with Gasteiger partial charge in [-0.3, -0.25) is 0 Å². The van der Waals surface area contributed by atoms with E-state index in [0.717, 1.165) is 4.47 Å². The van der Waals surface area contributed by atoms with Gasteiger partial charge in [0.2, 0.25) is 10.0 Å². The Hall–Kier alpha value is 0.01000. The summed E-state index contributed by atoms with van der Waals surface area (Å²) in [6.07, 6.45) is -0.589. The molecule has 0 radical (unpaired) electrons. The maximum Gasteiger partial charge on any atom is 0.241 e. The molecule has 114 valence electrons. The van der Waals surface area contributed by atoms with E-state index in [1.54, 1.807) is 12.1 Å². The predicted molar refractivity (Wildman–Crippen MR) is 84.1 cm³/mol. The lowest BCUT2D eigenvalue weighted by molar-refractivity contribution is -0.130. The second-order valence-corrected chi connectivity index (χ2v) is 7.27. The van der Waals surface area contributed by atoms with Crippen LogP contribution in [0.3, 0.4) is 0 Å². The van der Waals surface area contributed by atoms with Gasteiger partial charge in [-0.2, -0.15) is 0 Å². The molecule has 8 heteroatoms. The lowest BCUT2D eigenvalue weighted by atomic mass is 10.4. The van der Waals surface area contributed by atoms with Crippen molar-refractivity contribution < 1.29 is 17.9 Å². The molecule has 1 aromatic carbocycles. The first-order chi connectivity index (χ1) is 9.40. The summed E-state index contributed by atoms with van der Waals surface area (Å²) in [5.74, 6) is 0. The van der Waals surface area contributed by atoms with Crippen LogP contribution in [0.2, 0.25) is 0 Å². The fourth-order valence-corrected chi connectivity index (χ4v) is 4.25. The maximum atomic E-state index is 12.2. The number of ether oxygens (including phenoxy) is 2. The van der Waals surface area contributed by atoms with Crippen molar-refractivity contribution in [3.05, 3.63) is 27.1 Å². The second kappa shape index (κ2) is 8.45. The third kappa shape index (κ3) is 5.42. The van der Waals surface area contributed by atoms with Crippen LogP contribution in [-0.4, -0.2) is 34.5 Å². The summed E-state index contributed by atoms with van der Waals surface area (Å²) in [6.45, 7) is 4.62. The molecule has 0 aliphatic rings. The molecule has 0 heterocycles. The van der Waals surface area contributed by atoms with Gasteiger partial charge in [-0.15, -0.1) is 0 Å². The van der Waals surface area contributed by atoms with Gasteiger partial charge in [0.05, 0.1) is 11.4 Å². The highest BCUT2D eigenvalue weighted by molar-refractivity contribution is 9.11. The Morgan fingerprint density at radius 1 is 1.20 bits per heavy atom. The Morgan fingerprint density at radius 3 is 2.30 bits per heavy atom. The molecule has 0 saturated heterocycles. The highest BCUT2D eigenvalue weighted by Crippen LogP contribution is 2.25. The number of sulfonamides is 1. The van der Waals surface area contributed by atoms with Crippen LogP contribution in [0.25, 0.3) is 0 Å². The molecule has 0 atom stereocenters. The summed E-state index contributed by atoms with van der Waals surface area (Å²) in [6, 6.07) is 4.87. The van der Waals surface area contributed by atoms with Crippen molar-refractivity contribution in [2.24, 2.45) is 0 Å². The number of hydrogen-bond donors (Lipinski definition) is 1. The number of benzene rings is 1. The van der Waals surface area contributed by atoms with E-state index in [1.165, 1.54) is 6.07 Å². The van der Waals surface area contributed by atoms with Crippen molar-refractivity contribution in [2.75, 3.05) is 19.8 Å². The van der Waals surface area contributed by atoms with E-state index in [4.69, 9.17) is 9.47 Å². The zero-order chi connectivity index (χ0) is 15.2. The molecule has 1 aromatic rings. The first-order valence-electron chi connectivity index (χ1n) is 6.08. The van der Waals surface area contributed by atoms with Crippen LogP contribution in [0.15, 0.2) is 32.0 Å². The molecule has 0 saturated carbocycles. The third-order valence-corrected chi connectivity index (χ3v) is 5.22. The summed E-state index contributed by atoms with van der Waals surface area (Å²) in [7, 11) is -3.62. The van der Waals surface area contributed by atoms with Crippen LogP contribution in [0.5, 0.6) is 0 Å². The number of halogens is 2. The van der Waals surface area contributed by atoms with E-state index in [0.29, 0.717) is 17.7 Å². The highest BCUT2D eigenvalue weighted by atomic mass is 79.9. The monoisotopic (exact) mass is 429 g/mol. The van der Waals surface area contributed by atoms with Gasteiger partial charge < -0.3 is 9.47 Å². The van der Waals surface area contributed by atoms with Gasteiger partial charge in [-0.1, -0.05) is 15.9 Å². The van der Waals surface area contributed by atoms with Crippen molar-refractivity contribution in [3.8, 4) is 0 Å². The lowest BCUT2D eigenvalue weighted by Crippen LogP contribution is -2.35. The molecule has 20 heavy (non-hydrogen) atoms. The van der Waals surface area contributed by atoms with Crippen LogP contribution in [0.1, 0.15) is 13.8 Å². The maximum absolute atomic E-state index is 12.2. The van der Waals surface area contributed by atoms with E-state index in [-0.39, 0.29) is 11.4 Å². The topological polar surface area (TPSA) is 64.6 Å². The largest absolute Gasteiger partial charge is 0.352 e. The van der Waals surface area contributed by atoms with E-state index in [1.807, 2.05) is 13.8 Å². The number of rotatable bonds is 8. The summed E-state index contributed by atoms with van der Waals surface area (Å²) in [5, 5.41) is 0. The minimum atomic E-state index is -3.62. The smallest absolute Gasteiger partial charge is 0.241 e. The van der Waals surface area contributed by atoms with Crippen molar-refractivity contribution in [1.82, 2.24) is 4.72 Å². The van der Waals surface area contributed by atoms with Crippen LogP contribution in [-0.2, 0) is 19.5 Å². The first kappa shape index (κ1) is 18.1. The van der Waals surface area contributed by atoms with Crippen LogP contribution in [0.4, 0.5) is 0 Å². The van der Waals surface area contributed by atoms with Crippen molar-refractivity contribution in [3.63, 3.8) is 0 Å². The number of nitrogens with one attached hydrogen (secondary N) is 1. The minimum absolute atomic E-state index is 0.0620. The average molecular weight is 431 g/mol. The minimum Gasteiger partial charge on any atom is -0.352 e. The fourth-order valence-electron chi connectivity index (χ4n) is 1.49. The Labute approximate surface area is 136 Å². The highest BCUT2D eigenvalue weighted by Gasteiger charge is 2.20. The van der Waals surface area contributed by atoms with Gasteiger partial charge in [0.1, 0.15) is 0 Å². The Balaban J connectivity index is 2.78. The molecule has 0 fully saturated rings. The summed E-state index contributed by atoms with van der Waals surface area (Å²) < 4.78 is 38.8. The molecule has 0 bridgehead atoms. The van der Waals surface area contributed by atoms with Crippen molar-refractivity contribution in [2.45, 2.75) is 25.0 Å². The first-order valence-corrected chi connectivity index (χ1v) is 9.15. The molecule has 1 rings (SSSR count). The second-order valence-electron chi connectivity index (χ2n) is 3.77. The van der Waals surface area contributed by atoms with Crippen molar-refractivity contribution >= 4 is 41.9 Å². The van der Waals surface area contributed by atoms with E-state index in [2.05, 4.69) is 36.6 Å². The Morgan fingerprint density at radius 2 is 1.80 bits per heavy atom. The summed E-state index contributed by atoms with van der Waals surface area (Å²) >= 11 is 6.52. The molecule has 0 aliphatic carbocycles.